The van der Waals surface area contributed by atoms with Crippen molar-refractivity contribution in [2.45, 2.75) is 96.3 Å². The van der Waals surface area contributed by atoms with Gasteiger partial charge in [0, 0.05) is 44.3 Å². The lowest BCUT2D eigenvalue weighted by molar-refractivity contribution is 0.0952. The Morgan fingerprint density at radius 3 is 1.82 bits per heavy atom. The van der Waals surface area contributed by atoms with E-state index in [9.17, 15) is 4.79 Å². The van der Waals surface area contributed by atoms with Crippen LogP contribution in [0.4, 0.5) is 5.82 Å². The average molecular weight is 524 g/mol. The summed E-state index contributed by atoms with van der Waals surface area (Å²) in [6.07, 6.45) is 22.0. The maximum atomic E-state index is 12.3. The first-order valence-electron chi connectivity index (χ1n) is 13.6. The van der Waals surface area contributed by atoms with Crippen LogP contribution in [0.1, 0.15) is 107 Å². The second kappa shape index (κ2) is 19.2. The smallest absolute Gasteiger partial charge is 0.252 e. The molecule has 0 saturated carbocycles. The SMILES string of the molecule is O=C(NCCCCCCCCCCCCCCCCCBr)c1ccc(N2CCNCC2)nc1. The summed E-state index contributed by atoms with van der Waals surface area (Å²) in [7, 11) is 0. The Bertz CT molecular complexity index is 605. The van der Waals surface area contributed by atoms with Crippen LogP contribution >= 0.6 is 15.9 Å². The maximum absolute atomic E-state index is 12.3. The number of nitrogens with one attached hydrogen (secondary N) is 2. The number of nitrogens with zero attached hydrogens (tertiary/aromatic N) is 2. The number of aromatic nitrogens is 1. The van der Waals surface area contributed by atoms with Crippen LogP contribution in [0.15, 0.2) is 18.3 Å². The molecule has 0 unspecified atom stereocenters. The number of halogens is 1. The van der Waals surface area contributed by atoms with Gasteiger partial charge in [0.25, 0.3) is 5.91 Å². The van der Waals surface area contributed by atoms with Crippen molar-refractivity contribution in [1.29, 1.82) is 0 Å². The molecule has 1 aliphatic heterocycles. The quantitative estimate of drug-likeness (QED) is 0.161. The van der Waals surface area contributed by atoms with Crippen LogP contribution in [0.25, 0.3) is 0 Å². The van der Waals surface area contributed by atoms with E-state index in [4.69, 9.17) is 0 Å². The number of carbonyl (C=O) groups is 1. The number of amides is 1. The molecule has 0 spiro atoms. The van der Waals surface area contributed by atoms with Gasteiger partial charge >= 0.3 is 0 Å². The van der Waals surface area contributed by atoms with Gasteiger partial charge in [-0.05, 0) is 25.0 Å². The first kappa shape index (κ1) is 28.1. The Balaban J connectivity index is 1.36. The second-order valence-corrected chi connectivity index (χ2v) is 10.2. The predicted octanol–water partition coefficient (Wildman–Crippen LogP) is 6.47. The number of anilines is 1. The molecule has 1 fully saturated rings. The summed E-state index contributed by atoms with van der Waals surface area (Å²) in [6, 6.07) is 3.86. The molecular formula is C27H47BrN4O. The third kappa shape index (κ3) is 13.4. The molecule has 0 aromatic carbocycles. The number of hydrogen-bond donors (Lipinski definition) is 2. The highest BCUT2D eigenvalue weighted by Crippen LogP contribution is 2.14. The van der Waals surface area contributed by atoms with Gasteiger partial charge < -0.3 is 15.5 Å². The first-order valence-corrected chi connectivity index (χ1v) is 14.7. The predicted molar refractivity (Wildman–Crippen MR) is 145 cm³/mol. The zero-order valence-electron chi connectivity index (χ0n) is 20.8. The molecular weight excluding hydrogens is 476 g/mol. The topological polar surface area (TPSA) is 57.3 Å². The highest BCUT2D eigenvalue weighted by Gasteiger charge is 2.12. The van der Waals surface area contributed by atoms with Crippen molar-refractivity contribution in [3.05, 3.63) is 23.9 Å². The van der Waals surface area contributed by atoms with Crippen molar-refractivity contribution in [1.82, 2.24) is 15.6 Å². The normalized spacial score (nSPS) is 13.9. The number of unbranched alkanes of at least 4 members (excludes halogenated alkanes) is 14. The fraction of sp³-hybridized carbons (Fsp3) is 0.778. The molecule has 1 aromatic rings. The van der Waals surface area contributed by atoms with Crippen molar-refractivity contribution >= 4 is 27.7 Å². The monoisotopic (exact) mass is 522 g/mol. The van der Waals surface area contributed by atoms with Crippen LogP contribution in [0.2, 0.25) is 0 Å². The van der Waals surface area contributed by atoms with Crippen molar-refractivity contribution < 1.29 is 4.79 Å². The summed E-state index contributed by atoms with van der Waals surface area (Å²) in [5.74, 6) is 0.956. The lowest BCUT2D eigenvalue weighted by Crippen LogP contribution is -2.43. The lowest BCUT2D eigenvalue weighted by atomic mass is 10.0. The average Bonchev–Trinajstić information content (AvgIpc) is 2.86. The van der Waals surface area contributed by atoms with E-state index >= 15 is 0 Å². The van der Waals surface area contributed by atoms with E-state index in [-0.39, 0.29) is 5.91 Å². The minimum absolute atomic E-state index is 0.00621. The molecule has 2 heterocycles. The molecule has 6 heteroatoms. The fourth-order valence-electron chi connectivity index (χ4n) is 4.42. The van der Waals surface area contributed by atoms with E-state index in [1.807, 2.05) is 12.1 Å². The van der Waals surface area contributed by atoms with Gasteiger partial charge in [-0.3, -0.25) is 4.79 Å². The molecule has 1 aromatic heterocycles. The minimum Gasteiger partial charge on any atom is -0.354 e. The van der Waals surface area contributed by atoms with Crippen LogP contribution in [-0.4, -0.2) is 48.9 Å². The summed E-state index contributed by atoms with van der Waals surface area (Å²) < 4.78 is 0. The highest BCUT2D eigenvalue weighted by atomic mass is 79.9. The van der Waals surface area contributed by atoms with E-state index in [2.05, 4.69) is 36.4 Å². The van der Waals surface area contributed by atoms with E-state index in [1.165, 1.54) is 89.9 Å². The number of piperazine rings is 1. The summed E-state index contributed by atoms with van der Waals surface area (Å²) >= 11 is 3.50. The Kier molecular flexibility index (Phi) is 16.3. The molecule has 2 N–H and O–H groups in total. The molecule has 1 saturated heterocycles. The van der Waals surface area contributed by atoms with Crippen LogP contribution in [0.3, 0.4) is 0 Å². The third-order valence-electron chi connectivity index (χ3n) is 6.55. The maximum Gasteiger partial charge on any atom is 0.252 e. The third-order valence-corrected chi connectivity index (χ3v) is 7.11. The Morgan fingerprint density at radius 1 is 0.818 bits per heavy atom. The van der Waals surface area contributed by atoms with Gasteiger partial charge in [0.2, 0.25) is 0 Å². The Hall–Kier alpha value is -1.14. The van der Waals surface area contributed by atoms with Gasteiger partial charge in [-0.2, -0.15) is 0 Å². The van der Waals surface area contributed by atoms with E-state index < -0.39 is 0 Å². The van der Waals surface area contributed by atoms with E-state index in [1.54, 1.807) is 6.20 Å². The summed E-state index contributed by atoms with van der Waals surface area (Å²) in [6.45, 7) is 4.67. The standard InChI is InChI=1S/C27H47BrN4O/c28-18-14-12-10-8-6-4-2-1-3-5-7-9-11-13-15-19-30-27(33)25-16-17-26(31-24-25)32-22-20-29-21-23-32/h16-17,24,29H,1-15,18-23H2,(H,30,33). The molecule has 2 rings (SSSR count). The van der Waals surface area contributed by atoms with Crippen LogP contribution < -0.4 is 15.5 Å². The number of pyridine rings is 1. The van der Waals surface area contributed by atoms with Crippen LogP contribution in [0.5, 0.6) is 0 Å². The molecule has 0 bridgehead atoms. The zero-order chi connectivity index (χ0) is 23.4. The second-order valence-electron chi connectivity index (χ2n) is 9.39. The largest absolute Gasteiger partial charge is 0.354 e. The summed E-state index contributed by atoms with van der Waals surface area (Å²) in [4.78, 5) is 19.1. The van der Waals surface area contributed by atoms with E-state index in [0.29, 0.717) is 5.56 Å². The van der Waals surface area contributed by atoms with Gasteiger partial charge in [0.1, 0.15) is 5.82 Å². The molecule has 1 aliphatic rings. The van der Waals surface area contributed by atoms with Gasteiger partial charge in [-0.15, -0.1) is 0 Å². The van der Waals surface area contributed by atoms with Gasteiger partial charge in [0.05, 0.1) is 5.56 Å². The summed E-state index contributed by atoms with van der Waals surface area (Å²) in [5.41, 5.74) is 0.656. The molecule has 33 heavy (non-hydrogen) atoms. The van der Waals surface area contributed by atoms with Crippen molar-refractivity contribution in [2.75, 3.05) is 43.0 Å². The molecule has 0 aliphatic carbocycles. The van der Waals surface area contributed by atoms with Crippen LogP contribution in [-0.2, 0) is 0 Å². The first-order chi connectivity index (χ1) is 16.3. The van der Waals surface area contributed by atoms with Crippen molar-refractivity contribution in [3.63, 3.8) is 0 Å². The van der Waals surface area contributed by atoms with Gasteiger partial charge in [0.15, 0.2) is 0 Å². The summed E-state index contributed by atoms with van der Waals surface area (Å²) in [5, 5.41) is 7.55. The minimum atomic E-state index is -0.00621. The van der Waals surface area contributed by atoms with E-state index in [0.717, 1.165) is 50.3 Å². The molecule has 1 amide bonds. The number of alkyl halides is 1. The molecule has 188 valence electrons. The number of rotatable bonds is 19. The fourth-order valence-corrected chi connectivity index (χ4v) is 4.82. The highest BCUT2D eigenvalue weighted by molar-refractivity contribution is 9.09. The van der Waals surface area contributed by atoms with Crippen molar-refractivity contribution in [3.8, 4) is 0 Å². The van der Waals surface area contributed by atoms with Crippen molar-refractivity contribution in [2.24, 2.45) is 0 Å². The lowest BCUT2D eigenvalue weighted by Gasteiger charge is -2.28. The van der Waals surface area contributed by atoms with Gasteiger partial charge in [-0.25, -0.2) is 4.98 Å². The zero-order valence-corrected chi connectivity index (χ0v) is 22.3. The molecule has 0 atom stereocenters. The Labute approximate surface area is 211 Å². The Morgan fingerprint density at radius 2 is 1.33 bits per heavy atom. The number of hydrogen-bond acceptors (Lipinski definition) is 4. The molecule has 0 radical (unpaired) electrons. The van der Waals surface area contributed by atoms with Crippen LogP contribution in [0, 0.1) is 0 Å². The number of carbonyl (C=O) groups excluding carboxylic acids is 1. The molecule has 5 nitrogen and oxygen atoms in total. The van der Waals surface area contributed by atoms with Gasteiger partial charge in [-0.1, -0.05) is 99.4 Å².